The molecule has 1 amide bonds. The third-order valence-electron chi connectivity index (χ3n) is 3.86. The Kier molecular flexibility index (Phi) is 3.63. The van der Waals surface area contributed by atoms with Crippen molar-refractivity contribution in [2.45, 2.75) is 6.42 Å². The predicted molar refractivity (Wildman–Crippen MR) is 88.5 cm³/mol. The van der Waals surface area contributed by atoms with Gasteiger partial charge in [-0.15, -0.1) is 0 Å². The topological polar surface area (TPSA) is 84.1 Å². The van der Waals surface area contributed by atoms with E-state index in [1.165, 1.54) is 10.9 Å². The molecule has 2 N–H and O–H groups in total. The van der Waals surface area contributed by atoms with Crippen molar-refractivity contribution in [1.29, 1.82) is 0 Å². The number of nitrogens with one attached hydrogen (secondary N) is 2. The van der Waals surface area contributed by atoms with Crippen molar-refractivity contribution < 1.29 is 13.7 Å². The summed E-state index contributed by atoms with van der Waals surface area (Å²) in [7, 11) is 0. The number of rotatable bonds is 5. The summed E-state index contributed by atoms with van der Waals surface area (Å²) in [6.45, 7) is 0.517. The van der Waals surface area contributed by atoms with Gasteiger partial charge in [-0.05, 0) is 30.2 Å². The van der Waals surface area contributed by atoms with E-state index in [-0.39, 0.29) is 11.6 Å². The molecule has 0 bridgehead atoms. The summed E-state index contributed by atoms with van der Waals surface area (Å²) in [5, 5.41) is 7.81. The van der Waals surface area contributed by atoms with Gasteiger partial charge in [0, 0.05) is 29.7 Å². The van der Waals surface area contributed by atoms with Gasteiger partial charge in [0.25, 0.3) is 5.91 Å². The second-order valence-corrected chi connectivity index (χ2v) is 5.42. The number of carbonyl (C=O) groups excluding carboxylic acids is 1. The molecule has 0 fully saturated rings. The summed E-state index contributed by atoms with van der Waals surface area (Å²) in [6, 6.07) is 13.2. The van der Waals surface area contributed by atoms with E-state index in [9.17, 15) is 4.79 Å². The normalized spacial score (nSPS) is 11.0. The van der Waals surface area contributed by atoms with Gasteiger partial charge in [0.2, 0.25) is 5.76 Å². The van der Waals surface area contributed by atoms with E-state index in [0.717, 1.165) is 11.9 Å². The van der Waals surface area contributed by atoms with Crippen molar-refractivity contribution in [3.63, 3.8) is 0 Å². The van der Waals surface area contributed by atoms with Crippen LogP contribution in [0.4, 0.5) is 0 Å². The van der Waals surface area contributed by atoms with Crippen LogP contribution in [0, 0.1) is 0 Å². The van der Waals surface area contributed by atoms with E-state index in [1.807, 2.05) is 24.4 Å². The van der Waals surface area contributed by atoms with E-state index < -0.39 is 0 Å². The molecule has 1 aromatic carbocycles. The average molecular weight is 321 g/mol. The monoisotopic (exact) mass is 321 g/mol. The molecule has 6 heteroatoms. The molecule has 0 aliphatic heterocycles. The minimum atomic E-state index is -0.267. The Hall–Kier alpha value is -3.28. The van der Waals surface area contributed by atoms with Gasteiger partial charge >= 0.3 is 0 Å². The van der Waals surface area contributed by atoms with Gasteiger partial charge in [0.1, 0.15) is 0 Å². The molecule has 0 atom stereocenters. The van der Waals surface area contributed by atoms with Gasteiger partial charge in [-0.3, -0.25) is 4.79 Å². The largest absolute Gasteiger partial charge is 0.461 e. The predicted octanol–water partition coefficient (Wildman–Crippen LogP) is 3.39. The Bertz CT molecular complexity index is 966. The summed E-state index contributed by atoms with van der Waals surface area (Å²) < 4.78 is 10.3. The molecule has 4 rings (SSSR count). The SMILES string of the molecule is O=C(NCCc1c[nH]c2ccccc12)c1cc(-c2ccco2)on1. The fourth-order valence-electron chi connectivity index (χ4n) is 2.66. The highest BCUT2D eigenvalue weighted by molar-refractivity contribution is 5.93. The Morgan fingerprint density at radius 3 is 2.96 bits per heavy atom. The number of para-hydroxylation sites is 1. The van der Waals surface area contributed by atoms with Gasteiger partial charge in [-0.2, -0.15) is 0 Å². The number of aromatic nitrogens is 2. The third-order valence-corrected chi connectivity index (χ3v) is 3.86. The number of amides is 1. The van der Waals surface area contributed by atoms with E-state index >= 15 is 0 Å². The lowest BCUT2D eigenvalue weighted by Crippen LogP contribution is -2.25. The van der Waals surface area contributed by atoms with Crippen LogP contribution in [0.15, 0.2) is 63.9 Å². The van der Waals surface area contributed by atoms with Crippen LogP contribution in [0.25, 0.3) is 22.4 Å². The highest BCUT2D eigenvalue weighted by Gasteiger charge is 2.14. The van der Waals surface area contributed by atoms with Gasteiger partial charge in [0.05, 0.1) is 6.26 Å². The first-order chi connectivity index (χ1) is 11.8. The summed E-state index contributed by atoms with van der Waals surface area (Å²) in [4.78, 5) is 15.4. The van der Waals surface area contributed by atoms with Crippen LogP contribution in [0.1, 0.15) is 16.1 Å². The quantitative estimate of drug-likeness (QED) is 0.590. The van der Waals surface area contributed by atoms with Crippen molar-refractivity contribution in [2.24, 2.45) is 0 Å². The fraction of sp³-hybridized carbons (Fsp3) is 0.111. The van der Waals surface area contributed by atoms with Crippen LogP contribution in [0.3, 0.4) is 0 Å². The first kappa shape index (κ1) is 14.3. The third kappa shape index (κ3) is 2.69. The molecule has 120 valence electrons. The number of hydrogen-bond acceptors (Lipinski definition) is 4. The molecule has 0 radical (unpaired) electrons. The summed E-state index contributed by atoms with van der Waals surface area (Å²) in [5.41, 5.74) is 2.50. The zero-order valence-corrected chi connectivity index (χ0v) is 12.8. The van der Waals surface area contributed by atoms with Crippen LogP contribution < -0.4 is 5.32 Å². The summed E-state index contributed by atoms with van der Waals surface area (Å²) >= 11 is 0. The van der Waals surface area contributed by atoms with Crippen molar-refractivity contribution >= 4 is 16.8 Å². The highest BCUT2D eigenvalue weighted by atomic mass is 16.5. The Labute approximate surface area is 137 Å². The molecular weight excluding hydrogens is 306 g/mol. The van der Waals surface area contributed by atoms with Crippen LogP contribution in [0.5, 0.6) is 0 Å². The molecule has 4 aromatic rings. The second kappa shape index (κ2) is 6.08. The maximum absolute atomic E-state index is 12.1. The molecule has 0 unspecified atom stereocenters. The number of carbonyl (C=O) groups is 1. The van der Waals surface area contributed by atoms with E-state index in [1.54, 1.807) is 24.5 Å². The average Bonchev–Trinajstić information content (AvgIpc) is 3.35. The van der Waals surface area contributed by atoms with Crippen molar-refractivity contribution in [1.82, 2.24) is 15.5 Å². The standard InChI is InChI=1S/C18H15N3O3/c22-18(15-10-17(24-21-15)16-6-3-9-23-16)19-8-7-12-11-20-14-5-2-1-4-13(12)14/h1-6,9-11,20H,7-8H2,(H,19,22). The summed E-state index contributed by atoms with van der Waals surface area (Å²) in [5.74, 6) is 0.707. The van der Waals surface area contributed by atoms with Crippen molar-refractivity contribution in [2.75, 3.05) is 6.54 Å². The van der Waals surface area contributed by atoms with E-state index in [0.29, 0.717) is 18.1 Å². The minimum Gasteiger partial charge on any atom is -0.461 e. The maximum Gasteiger partial charge on any atom is 0.273 e. The van der Waals surface area contributed by atoms with E-state index in [2.05, 4.69) is 21.5 Å². The molecule has 6 nitrogen and oxygen atoms in total. The maximum atomic E-state index is 12.1. The molecular formula is C18H15N3O3. The number of aromatic amines is 1. The number of H-pyrrole nitrogens is 1. The number of benzene rings is 1. The van der Waals surface area contributed by atoms with Crippen LogP contribution >= 0.6 is 0 Å². The summed E-state index contributed by atoms with van der Waals surface area (Å²) in [6.07, 6.45) is 4.25. The number of fused-ring (bicyclic) bond motifs is 1. The van der Waals surface area contributed by atoms with Gasteiger partial charge in [-0.25, -0.2) is 0 Å². The zero-order chi connectivity index (χ0) is 16.4. The Balaban J connectivity index is 1.38. The molecule has 0 saturated heterocycles. The fourth-order valence-corrected chi connectivity index (χ4v) is 2.66. The molecule has 3 heterocycles. The highest BCUT2D eigenvalue weighted by Crippen LogP contribution is 2.20. The number of furan rings is 1. The first-order valence-electron chi connectivity index (χ1n) is 7.65. The molecule has 24 heavy (non-hydrogen) atoms. The van der Waals surface area contributed by atoms with Crippen molar-refractivity contribution in [3.8, 4) is 11.5 Å². The molecule has 0 aliphatic rings. The molecule has 0 saturated carbocycles. The molecule has 0 aliphatic carbocycles. The second-order valence-electron chi connectivity index (χ2n) is 5.42. The lowest BCUT2D eigenvalue weighted by molar-refractivity contribution is 0.0945. The number of nitrogens with zero attached hydrogens (tertiary/aromatic N) is 1. The van der Waals surface area contributed by atoms with Gasteiger partial charge < -0.3 is 19.2 Å². The van der Waals surface area contributed by atoms with Crippen LogP contribution in [-0.4, -0.2) is 22.6 Å². The smallest absolute Gasteiger partial charge is 0.273 e. The van der Waals surface area contributed by atoms with Crippen LogP contribution in [0.2, 0.25) is 0 Å². The number of hydrogen-bond donors (Lipinski definition) is 2. The lowest BCUT2D eigenvalue weighted by atomic mass is 10.1. The van der Waals surface area contributed by atoms with E-state index in [4.69, 9.17) is 8.94 Å². The first-order valence-corrected chi connectivity index (χ1v) is 7.65. The molecule has 0 spiro atoms. The molecule has 3 aromatic heterocycles. The van der Waals surface area contributed by atoms with Crippen LogP contribution in [-0.2, 0) is 6.42 Å². The Morgan fingerprint density at radius 1 is 1.17 bits per heavy atom. The lowest BCUT2D eigenvalue weighted by Gasteiger charge is -2.02. The minimum absolute atomic E-state index is 0.236. The van der Waals surface area contributed by atoms with Gasteiger partial charge in [-0.1, -0.05) is 23.4 Å². The Morgan fingerprint density at radius 2 is 2.08 bits per heavy atom. The van der Waals surface area contributed by atoms with Crippen molar-refractivity contribution in [3.05, 3.63) is 66.2 Å². The zero-order valence-electron chi connectivity index (χ0n) is 12.8. The van der Waals surface area contributed by atoms with Gasteiger partial charge in [0.15, 0.2) is 11.5 Å².